The van der Waals surface area contributed by atoms with Gasteiger partial charge < -0.3 is 19.8 Å². The molecule has 1 unspecified atom stereocenters. The monoisotopic (exact) mass is 561 g/mol. The van der Waals surface area contributed by atoms with Gasteiger partial charge in [0.1, 0.15) is 0 Å². The molecule has 1 heterocycles. The van der Waals surface area contributed by atoms with Gasteiger partial charge in [-0.15, -0.1) is 0 Å². The Balaban J connectivity index is 1.37. The lowest BCUT2D eigenvalue weighted by atomic mass is 9.62. The highest BCUT2D eigenvalue weighted by atomic mass is 35.5. The molecule has 0 saturated carbocycles. The molecular weight excluding hydrogens is 531 g/mol. The van der Waals surface area contributed by atoms with Crippen molar-refractivity contribution >= 4 is 29.1 Å². The van der Waals surface area contributed by atoms with Crippen LogP contribution in [0.2, 0.25) is 5.02 Å². The first kappa shape index (κ1) is 28.8. The minimum absolute atomic E-state index is 0.0336. The zero-order valence-electron chi connectivity index (χ0n) is 22.1. The number of halogens is 4. The van der Waals surface area contributed by atoms with Crippen molar-refractivity contribution in [2.75, 3.05) is 45.7 Å². The van der Waals surface area contributed by atoms with E-state index in [1.54, 1.807) is 26.2 Å². The highest BCUT2D eigenvalue weighted by molar-refractivity contribution is 6.34. The SMILES string of the molecule is CN(C)C(=O)c1ccc(N2CCC3(C#CC3CCN(C)C(=O)[C@](O)(c3ccccc3)C(F)(F)F)CC2)cc1Cl. The molecule has 0 bridgehead atoms. The second-order valence-electron chi connectivity index (χ2n) is 10.4. The second-order valence-corrected chi connectivity index (χ2v) is 10.8. The fraction of sp³-hybridized carbons (Fsp3) is 0.448. The summed E-state index contributed by atoms with van der Waals surface area (Å²) in [7, 11) is 4.61. The molecule has 10 heteroatoms. The molecule has 0 aromatic heterocycles. The first-order chi connectivity index (χ1) is 18.3. The first-order valence-corrected chi connectivity index (χ1v) is 13.1. The number of benzene rings is 2. The molecule has 0 radical (unpaired) electrons. The molecule has 2 aromatic carbocycles. The van der Waals surface area contributed by atoms with Crippen LogP contribution in [0.5, 0.6) is 0 Å². The number of piperidine rings is 1. The quantitative estimate of drug-likeness (QED) is 0.504. The van der Waals surface area contributed by atoms with Gasteiger partial charge in [0.2, 0.25) is 0 Å². The van der Waals surface area contributed by atoms with Gasteiger partial charge >= 0.3 is 6.18 Å². The van der Waals surface area contributed by atoms with Crippen molar-refractivity contribution in [3.05, 3.63) is 64.7 Å². The van der Waals surface area contributed by atoms with Crippen LogP contribution in [0, 0.1) is 23.2 Å². The number of anilines is 1. The van der Waals surface area contributed by atoms with E-state index >= 15 is 0 Å². The number of carbonyl (C=O) groups is 2. The molecular formula is C29H31ClF3N3O3. The van der Waals surface area contributed by atoms with Gasteiger partial charge in [0, 0.05) is 63.4 Å². The molecule has 1 aliphatic carbocycles. The number of aliphatic hydroxyl groups is 1. The van der Waals surface area contributed by atoms with E-state index in [-0.39, 0.29) is 23.8 Å². The Morgan fingerprint density at radius 1 is 1.10 bits per heavy atom. The van der Waals surface area contributed by atoms with Crippen molar-refractivity contribution in [3.63, 3.8) is 0 Å². The van der Waals surface area contributed by atoms with E-state index in [9.17, 15) is 27.9 Å². The molecule has 4 rings (SSSR count). The van der Waals surface area contributed by atoms with Crippen molar-refractivity contribution in [2.45, 2.75) is 31.0 Å². The van der Waals surface area contributed by atoms with Gasteiger partial charge in [0.25, 0.3) is 17.4 Å². The number of alkyl halides is 3. The summed E-state index contributed by atoms with van der Waals surface area (Å²) in [5, 5.41) is 11.0. The van der Waals surface area contributed by atoms with Crippen LogP contribution >= 0.6 is 11.6 Å². The van der Waals surface area contributed by atoms with Gasteiger partial charge in [0.05, 0.1) is 10.6 Å². The highest BCUT2D eigenvalue weighted by Crippen LogP contribution is 2.46. The minimum atomic E-state index is -5.18. The number of rotatable bonds is 7. The van der Waals surface area contributed by atoms with Crippen LogP contribution in [0.1, 0.15) is 35.2 Å². The van der Waals surface area contributed by atoms with E-state index in [0.717, 1.165) is 35.6 Å². The number of carbonyl (C=O) groups excluding carboxylic acids is 2. The summed E-state index contributed by atoms with van der Waals surface area (Å²) >= 11 is 6.38. The molecule has 2 atom stereocenters. The Bertz CT molecular complexity index is 1300. The average Bonchev–Trinajstić information content (AvgIpc) is 2.91. The molecule has 1 fully saturated rings. The summed E-state index contributed by atoms with van der Waals surface area (Å²) in [6.07, 6.45) is -3.25. The van der Waals surface area contributed by atoms with E-state index in [0.29, 0.717) is 30.1 Å². The van der Waals surface area contributed by atoms with E-state index in [1.807, 2.05) is 6.07 Å². The van der Waals surface area contributed by atoms with Gasteiger partial charge in [-0.25, -0.2) is 0 Å². The van der Waals surface area contributed by atoms with Gasteiger partial charge in [-0.05, 0) is 37.5 Å². The molecule has 208 valence electrons. The zero-order chi connectivity index (χ0) is 28.6. The fourth-order valence-electron chi connectivity index (χ4n) is 5.27. The molecule has 1 spiro atoms. The van der Waals surface area contributed by atoms with Crippen molar-refractivity contribution in [2.24, 2.45) is 11.3 Å². The lowest BCUT2D eigenvalue weighted by Gasteiger charge is -2.46. The normalized spacial score (nSPS) is 19.4. The van der Waals surface area contributed by atoms with Gasteiger partial charge in [-0.2, -0.15) is 13.2 Å². The van der Waals surface area contributed by atoms with Crippen molar-refractivity contribution in [1.82, 2.24) is 9.80 Å². The van der Waals surface area contributed by atoms with Crippen molar-refractivity contribution < 1.29 is 27.9 Å². The van der Waals surface area contributed by atoms with Crippen LogP contribution in [0.3, 0.4) is 0 Å². The van der Waals surface area contributed by atoms with E-state index in [1.165, 1.54) is 30.1 Å². The van der Waals surface area contributed by atoms with Gasteiger partial charge in [0.15, 0.2) is 0 Å². The maximum atomic E-state index is 13.9. The lowest BCUT2D eigenvalue weighted by molar-refractivity contribution is -0.261. The van der Waals surface area contributed by atoms with Gasteiger partial charge in [-0.1, -0.05) is 53.8 Å². The molecule has 1 saturated heterocycles. The average molecular weight is 562 g/mol. The number of hydrogen-bond donors (Lipinski definition) is 1. The number of likely N-dealkylation sites (N-methyl/N-ethyl adjacent to an activating group) is 1. The van der Waals surface area contributed by atoms with E-state index < -0.39 is 23.2 Å². The van der Waals surface area contributed by atoms with Crippen LogP contribution in [0.4, 0.5) is 18.9 Å². The Morgan fingerprint density at radius 2 is 1.74 bits per heavy atom. The summed E-state index contributed by atoms with van der Waals surface area (Å²) in [4.78, 5) is 29.8. The number of amides is 2. The third kappa shape index (κ3) is 5.32. The summed E-state index contributed by atoms with van der Waals surface area (Å²) in [6, 6.07) is 11.8. The predicted octanol–water partition coefficient (Wildman–Crippen LogP) is 4.56. The third-order valence-corrected chi connectivity index (χ3v) is 8.10. The van der Waals surface area contributed by atoms with Crippen LogP contribution in [0.25, 0.3) is 0 Å². The van der Waals surface area contributed by atoms with Crippen LogP contribution in [-0.4, -0.2) is 73.7 Å². The summed E-state index contributed by atoms with van der Waals surface area (Å²) in [5.41, 5.74) is -3.05. The fourth-order valence-corrected chi connectivity index (χ4v) is 5.52. The number of nitrogens with zero attached hydrogens (tertiary/aromatic N) is 3. The molecule has 6 nitrogen and oxygen atoms in total. The smallest absolute Gasteiger partial charge is 0.371 e. The highest BCUT2D eigenvalue weighted by Gasteiger charge is 2.61. The predicted molar refractivity (Wildman–Crippen MR) is 143 cm³/mol. The zero-order valence-corrected chi connectivity index (χ0v) is 22.8. The Kier molecular flexibility index (Phi) is 7.93. The van der Waals surface area contributed by atoms with Crippen LogP contribution < -0.4 is 4.90 Å². The van der Waals surface area contributed by atoms with E-state index in [2.05, 4.69) is 16.7 Å². The molecule has 2 amide bonds. The standard InChI is InChI=1S/C29H31ClF3N3O3/c1-34(2)25(37)23-10-9-22(19-24(23)30)36-17-14-27(15-18-36)13-11-20(27)12-16-35(3)26(38)28(39,29(31,32)33)21-7-5-4-6-8-21/h4-10,19-20,39H,12,14-18H2,1-3H3/t20?,28-/m1/s1. The first-order valence-electron chi connectivity index (χ1n) is 12.7. The Labute approximate surface area is 231 Å². The van der Waals surface area contributed by atoms with E-state index in [4.69, 9.17) is 11.6 Å². The minimum Gasteiger partial charge on any atom is -0.371 e. The molecule has 1 aliphatic heterocycles. The second kappa shape index (κ2) is 10.7. The Hall–Kier alpha value is -3.22. The Morgan fingerprint density at radius 3 is 2.26 bits per heavy atom. The number of hydrogen-bond acceptors (Lipinski definition) is 4. The third-order valence-electron chi connectivity index (χ3n) is 7.78. The summed E-state index contributed by atoms with van der Waals surface area (Å²) in [6.45, 7) is 1.45. The topological polar surface area (TPSA) is 64.1 Å². The van der Waals surface area contributed by atoms with Crippen LogP contribution in [0.15, 0.2) is 48.5 Å². The largest absolute Gasteiger partial charge is 0.430 e. The maximum Gasteiger partial charge on any atom is 0.430 e. The lowest BCUT2D eigenvalue weighted by Crippen LogP contribution is -2.55. The van der Waals surface area contributed by atoms with Gasteiger partial charge in [-0.3, -0.25) is 9.59 Å². The summed E-state index contributed by atoms with van der Waals surface area (Å²) in [5.74, 6) is 4.78. The molecule has 1 N–H and O–H groups in total. The van der Waals surface area contributed by atoms with Crippen molar-refractivity contribution in [3.8, 4) is 11.8 Å². The maximum absolute atomic E-state index is 13.9. The van der Waals surface area contributed by atoms with Crippen molar-refractivity contribution in [1.29, 1.82) is 0 Å². The van der Waals surface area contributed by atoms with Crippen LogP contribution in [-0.2, 0) is 10.4 Å². The molecule has 2 aromatic rings. The molecule has 39 heavy (non-hydrogen) atoms. The summed E-state index contributed by atoms with van der Waals surface area (Å²) < 4.78 is 41.7. The molecule has 2 aliphatic rings.